The van der Waals surface area contributed by atoms with Crippen molar-refractivity contribution < 1.29 is 19.4 Å². The summed E-state index contributed by atoms with van der Waals surface area (Å²) in [7, 11) is 1.58. The summed E-state index contributed by atoms with van der Waals surface area (Å²) in [4.78, 5) is 11.2. The van der Waals surface area contributed by atoms with Crippen LogP contribution in [0.2, 0.25) is 5.02 Å². The molecule has 0 aromatic heterocycles. The van der Waals surface area contributed by atoms with E-state index in [1.165, 1.54) is 18.2 Å². The van der Waals surface area contributed by atoms with Crippen molar-refractivity contribution in [2.24, 2.45) is 0 Å². The summed E-state index contributed by atoms with van der Waals surface area (Å²) in [6, 6.07) is 9.89. The molecule has 21 heavy (non-hydrogen) atoms. The molecule has 4 nitrogen and oxygen atoms in total. The van der Waals surface area contributed by atoms with Crippen LogP contribution >= 0.6 is 27.5 Å². The van der Waals surface area contributed by atoms with Gasteiger partial charge in [-0.2, -0.15) is 0 Å². The highest BCUT2D eigenvalue weighted by molar-refractivity contribution is 9.10. The van der Waals surface area contributed by atoms with Crippen LogP contribution in [-0.4, -0.2) is 18.2 Å². The van der Waals surface area contributed by atoms with Gasteiger partial charge in [-0.3, -0.25) is 0 Å². The normalized spacial score (nSPS) is 10.2. The van der Waals surface area contributed by atoms with Crippen LogP contribution in [0.15, 0.2) is 40.9 Å². The van der Waals surface area contributed by atoms with Gasteiger partial charge in [-0.15, -0.1) is 0 Å². The van der Waals surface area contributed by atoms with E-state index >= 15 is 0 Å². The van der Waals surface area contributed by atoms with Crippen molar-refractivity contribution in [3.8, 4) is 11.5 Å². The van der Waals surface area contributed by atoms with Crippen molar-refractivity contribution in [1.82, 2.24) is 0 Å². The van der Waals surface area contributed by atoms with Crippen LogP contribution in [0.25, 0.3) is 0 Å². The van der Waals surface area contributed by atoms with E-state index in [1.54, 1.807) is 7.11 Å². The lowest BCUT2D eigenvalue weighted by Gasteiger charge is -2.11. The Morgan fingerprint density at radius 3 is 2.71 bits per heavy atom. The topological polar surface area (TPSA) is 55.8 Å². The van der Waals surface area contributed by atoms with Crippen molar-refractivity contribution in [2.75, 3.05) is 7.11 Å². The summed E-state index contributed by atoms with van der Waals surface area (Å²) >= 11 is 9.30. The Bertz CT molecular complexity index is 673. The van der Waals surface area contributed by atoms with Crippen LogP contribution < -0.4 is 9.47 Å². The zero-order valence-electron chi connectivity index (χ0n) is 11.1. The van der Waals surface area contributed by atoms with Crippen molar-refractivity contribution in [2.45, 2.75) is 6.61 Å². The second-order valence-electron chi connectivity index (χ2n) is 4.19. The fourth-order valence-electron chi connectivity index (χ4n) is 1.74. The molecule has 0 heterocycles. The van der Waals surface area contributed by atoms with Gasteiger partial charge in [-0.25, -0.2) is 4.79 Å². The maximum Gasteiger partial charge on any atom is 0.339 e. The summed E-state index contributed by atoms with van der Waals surface area (Å²) in [5.74, 6) is -0.141. The van der Waals surface area contributed by atoms with E-state index in [9.17, 15) is 4.79 Å². The van der Waals surface area contributed by atoms with E-state index < -0.39 is 5.97 Å². The Morgan fingerprint density at radius 1 is 1.29 bits per heavy atom. The molecule has 0 unspecified atom stereocenters. The number of hydrogen-bond donors (Lipinski definition) is 1. The predicted molar refractivity (Wildman–Crippen MR) is 83.4 cm³/mol. The maximum atomic E-state index is 11.2. The minimum absolute atomic E-state index is 0.0680. The highest BCUT2D eigenvalue weighted by atomic mass is 79.9. The lowest BCUT2D eigenvalue weighted by atomic mass is 10.2. The molecule has 0 aliphatic heterocycles. The molecular weight excluding hydrogens is 360 g/mol. The molecule has 0 spiro atoms. The first-order chi connectivity index (χ1) is 10.0. The largest absolute Gasteiger partial charge is 0.497 e. The molecule has 0 amide bonds. The number of carbonyl (C=O) groups is 1. The van der Waals surface area contributed by atoms with E-state index in [-0.39, 0.29) is 17.9 Å². The Kier molecular flexibility index (Phi) is 5.09. The van der Waals surface area contributed by atoms with Gasteiger partial charge in [-0.05, 0) is 36.4 Å². The summed E-state index contributed by atoms with van der Waals surface area (Å²) < 4.78 is 11.6. The van der Waals surface area contributed by atoms with Crippen molar-refractivity contribution in [3.63, 3.8) is 0 Å². The van der Waals surface area contributed by atoms with Gasteiger partial charge in [0.25, 0.3) is 0 Å². The van der Waals surface area contributed by atoms with E-state index in [0.717, 1.165) is 10.0 Å². The minimum atomic E-state index is -1.06. The number of methoxy groups -OCH3 is 1. The van der Waals surface area contributed by atoms with Crippen LogP contribution in [0.1, 0.15) is 15.9 Å². The summed E-state index contributed by atoms with van der Waals surface area (Å²) in [6.45, 7) is 0.193. The van der Waals surface area contributed by atoms with Crippen molar-refractivity contribution >= 4 is 33.5 Å². The average Bonchev–Trinajstić information content (AvgIpc) is 2.46. The predicted octanol–water partition coefficient (Wildman–Crippen LogP) is 4.39. The number of hydrogen-bond acceptors (Lipinski definition) is 3. The second kappa shape index (κ2) is 6.83. The monoisotopic (exact) mass is 370 g/mol. The standard InChI is InChI=1S/C15H12BrClO4/c1-20-11-3-5-13(16)9(6-11)8-21-14-7-10(17)2-4-12(14)15(18)19/h2-7H,8H2,1H3,(H,18,19). The summed E-state index contributed by atoms with van der Waals surface area (Å²) in [5.41, 5.74) is 0.907. The van der Waals surface area contributed by atoms with Gasteiger partial charge in [0.2, 0.25) is 0 Å². The summed E-state index contributed by atoms with van der Waals surface area (Å²) in [5, 5.41) is 9.55. The Balaban J connectivity index is 2.24. The molecule has 0 bridgehead atoms. The third-order valence-electron chi connectivity index (χ3n) is 2.81. The molecule has 0 radical (unpaired) electrons. The van der Waals surface area contributed by atoms with E-state index in [1.807, 2.05) is 18.2 Å². The van der Waals surface area contributed by atoms with Gasteiger partial charge in [0, 0.05) is 15.1 Å². The number of carboxylic acid groups (broad SMARTS) is 1. The zero-order valence-corrected chi connectivity index (χ0v) is 13.4. The Hall–Kier alpha value is -1.72. The lowest BCUT2D eigenvalue weighted by molar-refractivity contribution is 0.0691. The van der Waals surface area contributed by atoms with Crippen LogP contribution in [-0.2, 0) is 6.61 Å². The third-order valence-corrected chi connectivity index (χ3v) is 3.82. The number of ether oxygens (including phenoxy) is 2. The van der Waals surface area contributed by atoms with E-state index in [2.05, 4.69) is 15.9 Å². The highest BCUT2D eigenvalue weighted by Gasteiger charge is 2.12. The van der Waals surface area contributed by atoms with Gasteiger partial charge in [0.05, 0.1) is 7.11 Å². The zero-order chi connectivity index (χ0) is 15.4. The first-order valence-corrected chi connectivity index (χ1v) is 7.16. The highest BCUT2D eigenvalue weighted by Crippen LogP contribution is 2.27. The molecule has 0 aliphatic carbocycles. The fraction of sp³-hybridized carbons (Fsp3) is 0.133. The molecule has 110 valence electrons. The fourth-order valence-corrected chi connectivity index (χ4v) is 2.26. The average molecular weight is 372 g/mol. The van der Waals surface area contributed by atoms with Gasteiger partial charge in [0.15, 0.2) is 0 Å². The minimum Gasteiger partial charge on any atom is -0.497 e. The van der Waals surface area contributed by atoms with Crippen molar-refractivity contribution in [1.29, 1.82) is 0 Å². The van der Waals surface area contributed by atoms with Crippen LogP contribution in [0.5, 0.6) is 11.5 Å². The molecule has 2 aromatic rings. The van der Waals surface area contributed by atoms with Crippen molar-refractivity contribution in [3.05, 3.63) is 57.0 Å². The van der Waals surface area contributed by atoms with Gasteiger partial charge < -0.3 is 14.6 Å². The molecule has 0 saturated heterocycles. The first kappa shape index (κ1) is 15.7. The van der Waals surface area contributed by atoms with E-state index in [4.69, 9.17) is 26.2 Å². The molecule has 0 saturated carbocycles. The lowest BCUT2D eigenvalue weighted by Crippen LogP contribution is -2.04. The molecule has 0 aliphatic rings. The quantitative estimate of drug-likeness (QED) is 0.847. The molecule has 2 aromatic carbocycles. The Labute approximate surface area is 135 Å². The molecular formula is C15H12BrClO4. The first-order valence-electron chi connectivity index (χ1n) is 5.99. The number of benzene rings is 2. The maximum absolute atomic E-state index is 11.2. The molecule has 6 heteroatoms. The number of rotatable bonds is 5. The number of aromatic carboxylic acids is 1. The van der Waals surface area contributed by atoms with Gasteiger partial charge in [-0.1, -0.05) is 27.5 Å². The SMILES string of the molecule is COc1ccc(Br)c(COc2cc(Cl)ccc2C(=O)O)c1. The number of halogens is 2. The molecule has 0 atom stereocenters. The van der Waals surface area contributed by atoms with Gasteiger partial charge >= 0.3 is 5.97 Å². The molecule has 0 fully saturated rings. The molecule has 2 rings (SSSR count). The Morgan fingerprint density at radius 2 is 2.05 bits per heavy atom. The summed E-state index contributed by atoms with van der Waals surface area (Å²) in [6.07, 6.45) is 0. The smallest absolute Gasteiger partial charge is 0.339 e. The van der Waals surface area contributed by atoms with Crippen LogP contribution in [0, 0.1) is 0 Å². The van der Waals surface area contributed by atoms with Crippen LogP contribution in [0.3, 0.4) is 0 Å². The van der Waals surface area contributed by atoms with E-state index in [0.29, 0.717) is 10.8 Å². The molecule has 1 N–H and O–H groups in total. The van der Waals surface area contributed by atoms with Gasteiger partial charge in [0.1, 0.15) is 23.7 Å². The second-order valence-corrected chi connectivity index (χ2v) is 5.48. The number of carboxylic acids is 1. The third kappa shape index (κ3) is 3.89. The van der Waals surface area contributed by atoms with Crippen LogP contribution in [0.4, 0.5) is 0 Å².